The molecule has 2 atom stereocenters. The van der Waals surface area contributed by atoms with Gasteiger partial charge in [0.25, 0.3) is 0 Å². The van der Waals surface area contributed by atoms with E-state index in [-0.39, 0.29) is 24.8 Å². The van der Waals surface area contributed by atoms with Crippen molar-refractivity contribution < 1.29 is 24.2 Å². The Morgan fingerprint density at radius 1 is 1.25 bits per heavy atom. The van der Waals surface area contributed by atoms with E-state index in [4.69, 9.17) is 9.84 Å². The summed E-state index contributed by atoms with van der Waals surface area (Å²) in [7, 11) is 0. The normalized spacial score (nSPS) is 12.8. The van der Waals surface area contributed by atoms with E-state index in [1.165, 1.54) is 13.8 Å². The van der Waals surface area contributed by atoms with Crippen molar-refractivity contribution in [2.45, 2.75) is 33.2 Å². The van der Waals surface area contributed by atoms with Crippen LogP contribution in [0.4, 0.5) is 0 Å². The van der Waals surface area contributed by atoms with E-state index in [0.717, 1.165) is 0 Å². The molecule has 0 fully saturated rings. The van der Waals surface area contributed by atoms with E-state index >= 15 is 0 Å². The molecule has 2 amide bonds. The quantitative estimate of drug-likeness (QED) is 0.634. The second kappa shape index (κ2) is 9.54. The number of carbonyl (C=O) groups is 3. The number of nitrogens with one attached hydrogen (secondary N) is 2. The lowest BCUT2D eigenvalue weighted by atomic mass is 10.0. The van der Waals surface area contributed by atoms with Crippen LogP contribution in [0.25, 0.3) is 0 Å². The first kappa shape index (κ1) is 19.5. The molecule has 132 valence electrons. The van der Waals surface area contributed by atoms with E-state index < -0.39 is 17.9 Å². The summed E-state index contributed by atoms with van der Waals surface area (Å²) < 4.78 is 5.55. The lowest BCUT2D eigenvalue weighted by molar-refractivity contribution is -0.141. The smallest absolute Gasteiger partial charge is 0.308 e. The highest BCUT2D eigenvalue weighted by Gasteiger charge is 2.21. The molecule has 0 heterocycles. The molecule has 1 rings (SSSR count). The molecule has 0 bridgehead atoms. The average molecular weight is 336 g/mol. The molecule has 7 heteroatoms. The summed E-state index contributed by atoms with van der Waals surface area (Å²) in [5.74, 6) is -1.66. The van der Waals surface area contributed by atoms with E-state index in [0.29, 0.717) is 17.9 Å². The fraction of sp³-hybridized carbons (Fsp3) is 0.471. The van der Waals surface area contributed by atoms with Gasteiger partial charge >= 0.3 is 5.97 Å². The minimum Gasteiger partial charge on any atom is -0.494 e. The molecule has 7 nitrogen and oxygen atoms in total. The molecule has 0 saturated heterocycles. The van der Waals surface area contributed by atoms with E-state index in [1.54, 1.807) is 18.2 Å². The molecule has 0 aromatic heterocycles. The van der Waals surface area contributed by atoms with Crippen LogP contribution in [-0.4, -0.2) is 36.0 Å². The Hall–Kier alpha value is -2.57. The van der Waals surface area contributed by atoms with Gasteiger partial charge in [-0.2, -0.15) is 0 Å². The maximum atomic E-state index is 12.1. The van der Waals surface area contributed by atoms with Gasteiger partial charge in [0.15, 0.2) is 0 Å². The van der Waals surface area contributed by atoms with Crippen LogP contribution in [0.5, 0.6) is 5.75 Å². The molecule has 24 heavy (non-hydrogen) atoms. The van der Waals surface area contributed by atoms with Gasteiger partial charge in [0.1, 0.15) is 5.75 Å². The number of carbonyl (C=O) groups excluding carboxylic acids is 2. The Labute approximate surface area is 141 Å². The van der Waals surface area contributed by atoms with Gasteiger partial charge in [-0.3, -0.25) is 14.4 Å². The van der Waals surface area contributed by atoms with Crippen molar-refractivity contribution in [3.05, 3.63) is 29.8 Å². The van der Waals surface area contributed by atoms with Crippen LogP contribution in [0.15, 0.2) is 24.3 Å². The van der Waals surface area contributed by atoms with Crippen LogP contribution < -0.4 is 15.4 Å². The molecule has 3 N–H and O–H groups in total. The Morgan fingerprint density at radius 3 is 2.50 bits per heavy atom. The van der Waals surface area contributed by atoms with Crippen LogP contribution in [0.1, 0.15) is 38.8 Å². The standard InChI is InChI=1S/C17H24N2O5/c1-4-24-15-8-6-5-7-13(15)14(19-12(3)20)9-16(21)18-10-11(2)17(22)23/h5-8,11,14H,4,9-10H2,1-3H3,(H,18,21)(H,19,20)(H,22,23). The third-order valence-electron chi connectivity index (χ3n) is 3.39. The minimum absolute atomic E-state index is 0.00396. The topological polar surface area (TPSA) is 105 Å². The number of ether oxygens (including phenoxy) is 1. The van der Waals surface area contributed by atoms with Crippen molar-refractivity contribution in [3.63, 3.8) is 0 Å². The molecule has 0 radical (unpaired) electrons. The SMILES string of the molecule is CCOc1ccccc1C(CC(=O)NCC(C)C(=O)O)NC(C)=O. The van der Waals surface area contributed by atoms with Gasteiger partial charge in [-0.15, -0.1) is 0 Å². The van der Waals surface area contributed by atoms with Gasteiger partial charge in [0.2, 0.25) is 11.8 Å². The first-order valence-electron chi connectivity index (χ1n) is 7.83. The summed E-state index contributed by atoms with van der Waals surface area (Å²) in [4.78, 5) is 34.4. The number of amides is 2. The summed E-state index contributed by atoms with van der Waals surface area (Å²) >= 11 is 0. The summed E-state index contributed by atoms with van der Waals surface area (Å²) in [5.41, 5.74) is 0.705. The molecule has 1 aromatic rings. The first-order chi connectivity index (χ1) is 11.3. The van der Waals surface area contributed by atoms with Gasteiger partial charge < -0.3 is 20.5 Å². The zero-order valence-electron chi connectivity index (χ0n) is 14.2. The lowest BCUT2D eigenvalue weighted by Gasteiger charge is -2.21. The number of para-hydroxylation sites is 1. The van der Waals surface area contributed by atoms with E-state index in [2.05, 4.69) is 10.6 Å². The van der Waals surface area contributed by atoms with Crippen molar-refractivity contribution >= 4 is 17.8 Å². The average Bonchev–Trinajstić information content (AvgIpc) is 2.52. The third-order valence-corrected chi connectivity index (χ3v) is 3.39. The van der Waals surface area contributed by atoms with Crippen LogP contribution in [0.2, 0.25) is 0 Å². The van der Waals surface area contributed by atoms with Crippen molar-refractivity contribution in [2.75, 3.05) is 13.2 Å². The van der Waals surface area contributed by atoms with E-state index in [9.17, 15) is 14.4 Å². The molecule has 1 aromatic carbocycles. The predicted molar refractivity (Wildman–Crippen MR) is 88.6 cm³/mol. The molecule has 0 spiro atoms. The van der Waals surface area contributed by atoms with E-state index in [1.807, 2.05) is 13.0 Å². The van der Waals surface area contributed by atoms with Crippen molar-refractivity contribution in [1.82, 2.24) is 10.6 Å². The summed E-state index contributed by atoms with van der Waals surface area (Å²) in [6.07, 6.45) is -0.00396. The monoisotopic (exact) mass is 336 g/mol. The highest BCUT2D eigenvalue weighted by atomic mass is 16.5. The zero-order valence-corrected chi connectivity index (χ0v) is 14.2. The molecule has 0 aliphatic carbocycles. The molecule has 0 saturated carbocycles. The molecule has 2 unspecified atom stereocenters. The molecule has 0 aliphatic rings. The highest BCUT2D eigenvalue weighted by molar-refractivity contribution is 5.80. The molecular formula is C17H24N2O5. The second-order valence-corrected chi connectivity index (χ2v) is 5.47. The number of benzene rings is 1. The van der Waals surface area contributed by atoms with Crippen LogP contribution in [0, 0.1) is 5.92 Å². The maximum absolute atomic E-state index is 12.1. The fourth-order valence-electron chi connectivity index (χ4n) is 2.15. The Morgan fingerprint density at radius 2 is 1.92 bits per heavy atom. The Bertz CT molecular complexity index is 588. The van der Waals surface area contributed by atoms with Gasteiger partial charge in [0, 0.05) is 19.0 Å². The molecular weight excluding hydrogens is 312 g/mol. The largest absolute Gasteiger partial charge is 0.494 e. The van der Waals surface area contributed by atoms with Gasteiger partial charge in [0.05, 0.1) is 25.0 Å². The van der Waals surface area contributed by atoms with Gasteiger partial charge in [-0.05, 0) is 13.0 Å². The van der Waals surface area contributed by atoms with Crippen molar-refractivity contribution in [1.29, 1.82) is 0 Å². The van der Waals surface area contributed by atoms with Gasteiger partial charge in [-0.1, -0.05) is 25.1 Å². The lowest BCUT2D eigenvalue weighted by Crippen LogP contribution is -2.35. The summed E-state index contributed by atoms with van der Waals surface area (Å²) in [6, 6.07) is 6.63. The first-order valence-corrected chi connectivity index (χ1v) is 7.83. The number of hydrogen-bond acceptors (Lipinski definition) is 4. The minimum atomic E-state index is -0.976. The fourth-order valence-corrected chi connectivity index (χ4v) is 2.15. The summed E-state index contributed by atoms with van der Waals surface area (Å²) in [6.45, 7) is 5.24. The van der Waals surface area contributed by atoms with Crippen molar-refractivity contribution in [3.8, 4) is 5.75 Å². The number of hydrogen-bond donors (Lipinski definition) is 3. The summed E-state index contributed by atoms with van der Waals surface area (Å²) in [5, 5.41) is 14.2. The zero-order chi connectivity index (χ0) is 18.1. The number of carboxylic acid groups (broad SMARTS) is 1. The Balaban J connectivity index is 2.84. The second-order valence-electron chi connectivity index (χ2n) is 5.47. The molecule has 0 aliphatic heterocycles. The third kappa shape index (κ3) is 6.28. The number of rotatable bonds is 9. The van der Waals surface area contributed by atoms with Crippen LogP contribution >= 0.6 is 0 Å². The van der Waals surface area contributed by atoms with Gasteiger partial charge in [-0.25, -0.2) is 0 Å². The highest BCUT2D eigenvalue weighted by Crippen LogP contribution is 2.27. The Kier molecular flexibility index (Phi) is 7.74. The number of carboxylic acids is 1. The van der Waals surface area contributed by atoms with Crippen molar-refractivity contribution in [2.24, 2.45) is 5.92 Å². The number of aliphatic carboxylic acids is 1. The maximum Gasteiger partial charge on any atom is 0.308 e. The predicted octanol–water partition coefficient (Wildman–Crippen LogP) is 1.49. The van der Waals surface area contributed by atoms with Crippen LogP contribution in [-0.2, 0) is 14.4 Å². The van der Waals surface area contributed by atoms with Crippen LogP contribution in [0.3, 0.4) is 0 Å².